The van der Waals surface area contributed by atoms with Gasteiger partial charge in [0, 0.05) is 18.3 Å². The number of carbonyl (C=O) groups is 3. The van der Waals surface area contributed by atoms with Gasteiger partial charge in [-0.2, -0.15) is 0 Å². The van der Waals surface area contributed by atoms with E-state index >= 15 is 0 Å². The molecule has 0 aliphatic carbocycles. The number of imide groups is 1. The number of nitrogens with two attached hydrogens (primary N) is 1. The summed E-state index contributed by atoms with van der Waals surface area (Å²) >= 11 is 0. The van der Waals surface area contributed by atoms with Crippen LogP contribution < -0.4 is 16.0 Å². The largest absolute Gasteiger partial charge is 0.399 e. The minimum Gasteiger partial charge on any atom is -0.399 e. The third-order valence-corrected chi connectivity index (χ3v) is 3.72. The number of carbonyl (C=O) groups excluding carboxylic acids is 3. The van der Waals surface area contributed by atoms with Crippen LogP contribution in [0.25, 0.3) is 0 Å². The van der Waals surface area contributed by atoms with Gasteiger partial charge in [-0.15, -0.1) is 0 Å². The second-order valence-corrected chi connectivity index (χ2v) is 5.45. The molecular weight excluding hydrogens is 306 g/mol. The zero-order chi connectivity index (χ0) is 17.9. The Kier molecular flexibility index (Phi) is 4.99. The monoisotopic (exact) mass is 325 g/mol. The van der Waals surface area contributed by atoms with Gasteiger partial charge >= 0.3 is 11.8 Å². The van der Waals surface area contributed by atoms with Gasteiger partial charge in [-0.1, -0.05) is 12.1 Å². The van der Waals surface area contributed by atoms with E-state index in [-0.39, 0.29) is 5.69 Å². The van der Waals surface area contributed by atoms with Crippen molar-refractivity contribution in [3.05, 3.63) is 53.6 Å². The van der Waals surface area contributed by atoms with E-state index in [4.69, 9.17) is 5.73 Å². The molecule has 0 radical (unpaired) electrons. The van der Waals surface area contributed by atoms with Crippen molar-refractivity contribution in [3.8, 4) is 0 Å². The lowest BCUT2D eigenvalue weighted by atomic mass is 10.1. The zero-order valence-electron chi connectivity index (χ0n) is 13.8. The molecule has 0 bridgehead atoms. The molecule has 0 spiro atoms. The fourth-order valence-electron chi connectivity index (χ4n) is 2.23. The molecule has 6 nitrogen and oxygen atoms in total. The Morgan fingerprint density at radius 2 is 1.62 bits per heavy atom. The lowest BCUT2D eigenvalue weighted by molar-refractivity contribution is -0.136. The number of anilines is 3. The number of amides is 3. The average Bonchev–Trinajstić information content (AvgIpc) is 2.53. The Morgan fingerprint density at radius 1 is 1.00 bits per heavy atom. The van der Waals surface area contributed by atoms with Crippen molar-refractivity contribution in [3.63, 3.8) is 0 Å². The van der Waals surface area contributed by atoms with Crippen molar-refractivity contribution in [2.24, 2.45) is 0 Å². The Bertz CT molecular complexity index is 798. The van der Waals surface area contributed by atoms with E-state index in [2.05, 4.69) is 5.32 Å². The molecule has 0 aromatic heterocycles. The van der Waals surface area contributed by atoms with Crippen LogP contribution in [0.15, 0.2) is 42.5 Å². The minimum absolute atomic E-state index is 0.290. The number of nitrogen functional groups attached to an aromatic ring is 1. The predicted molar refractivity (Wildman–Crippen MR) is 93.6 cm³/mol. The van der Waals surface area contributed by atoms with Crippen LogP contribution in [-0.4, -0.2) is 17.7 Å². The van der Waals surface area contributed by atoms with Crippen molar-refractivity contribution in [2.45, 2.75) is 20.8 Å². The SMILES string of the molecule is CC(=O)N(C(=O)C(=O)Nc1cccc(C)c1C)c1ccc(N)cc1. The molecule has 0 aliphatic rings. The summed E-state index contributed by atoms with van der Waals surface area (Å²) in [6.07, 6.45) is 0. The first kappa shape index (κ1) is 17.2. The van der Waals surface area contributed by atoms with Crippen LogP contribution in [0.5, 0.6) is 0 Å². The minimum atomic E-state index is -0.951. The molecular formula is C18H19N3O3. The van der Waals surface area contributed by atoms with Gasteiger partial charge in [-0.3, -0.25) is 14.4 Å². The number of rotatable bonds is 2. The molecule has 0 fully saturated rings. The molecule has 2 rings (SSSR count). The van der Waals surface area contributed by atoms with Crippen molar-refractivity contribution < 1.29 is 14.4 Å². The highest BCUT2D eigenvalue weighted by atomic mass is 16.2. The van der Waals surface area contributed by atoms with Gasteiger partial charge in [0.1, 0.15) is 0 Å². The molecule has 2 aromatic rings. The normalized spacial score (nSPS) is 10.1. The summed E-state index contributed by atoms with van der Waals surface area (Å²) < 4.78 is 0. The van der Waals surface area contributed by atoms with Crippen molar-refractivity contribution in [2.75, 3.05) is 16.0 Å². The molecule has 6 heteroatoms. The first-order valence-corrected chi connectivity index (χ1v) is 7.39. The van der Waals surface area contributed by atoms with Gasteiger partial charge in [-0.25, -0.2) is 4.90 Å². The van der Waals surface area contributed by atoms with Gasteiger partial charge in [0.05, 0.1) is 5.69 Å². The quantitative estimate of drug-likeness (QED) is 0.655. The lowest BCUT2D eigenvalue weighted by Gasteiger charge is -2.19. The molecule has 0 saturated heterocycles. The Labute approximate surface area is 140 Å². The summed E-state index contributed by atoms with van der Waals surface area (Å²) in [6, 6.07) is 11.5. The lowest BCUT2D eigenvalue weighted by Crippen LogP contribution is -2.42. The Hall–Kier alpha value is -3.15. The third-order valence-electron chi connectivity index (χ3n) is 3.72. The van der Waals surface area contributed by atoms with Crippen LogP contribution in [0, 0.1) is 13.8 Å². The van der Waals surface area contributed by atoms with E-state index in [1.165, 1.54) is 19.1 Å². The molecule has 0 unspecified atom stereocenters. The number of nitrogens with one attached hydrogen (secondary N) is 1. The van der Waals surface area contributed by atoms with Crippen molar-refractivity contribution >= 4 is 34.8 Å². The molecule has 0 saturated carbocycles. The topological polar surface area (TPSA) is 92.5 Å². The molecule has 3 amide bonds. The standard InChI is InChI=1S/C18H19N3O3/c1-11-5-4-6-16(12(11)2)20-17(23)18(24)21(13(3)22)15-9-7-14(19)8-10-15/h4-10H,19H2,1-3H3,(H,20,23). The van der Waals surface area contributed by atoms with E-state index < -0.39 is 17.7 Å². The van der Waals surface area contributed by atoms with E-state index in [0.29, 0.717) is 11.4 Å². The number of hydrogen-bond acceptors (Lipinski definition) is 4. The third kappa shape index (κ3) is 3.60. The Morgan fingerprint density at radius 3 is 2.21 bits per heavy atom. The summed E-state index contributed by atoms with van der Waals surface area (Å²) in [4.78, 5) is 37.4. The maximum atomic E-state index is 12.4. The maximum absolute atomic E-state index is 12.4. The fraction of sp³-hybridized carbons (Fsp3) is 0.167. The molecule has 124 valence electrons. The van der Waals surface area contributed by atoms with Crippen LogP contribution in [-0.2, 0) is 14.4 Å². The van der Waals surface area contributed by atoms with Crippen LogP contribution in [0.4, 0.5) is 17.1 Å². The smallest absolute Gasteiger partial charge is 0.323 e. The van der Waals surface area contributed by atoms with Gasteiger partial charge in [0.2, 0.25) is 5.91 Å². The van der Waals surface area contributed by atoms with Crippen LogP contribution in [0.2, 0.25) is 0 Å². The number of nitrogens with zero attached hydrogens (tertiary/aromatic N) is 1. The number of hydrogen-bond donors (Lipinski definition) is 2. The van der Waals surface area contributed by atoms with Gasteiger partial charge < -0.3 is 11.1 Å². The first-order chi connectivity index (χ1) is 11.3. The summed E-state index contributed by atoms with van der Waals surface area (Å²) in [5.41, 5.74) is 8.77. The summed E-state index contributed by atoms with van der Waals surface area (Å²) in [6.45, 7) is 4.97. The molecule has 2 aromatic carbocycles. The summed E-state index contributed by atoms with van der Waals surface area (Å²) in [5.74, 6) is -2.38. The maximum Gasteiger partial charge on any atom is 0.323 e. The van der Waals surface area contributed by atoms with Gasteiger partial charge in [0.25, 0.3) is 0 Å². The fourth-order valence-corrected chi connectivity index (χ4v) is 2.23. The highest BCUT2D eigenvalue weighted by Gasteiger charge is 2.27. The zero-order valence-corrected chi connectivity index (χ0v) is 13.8. The van der Waals surface area contributed by atoms with E-state index in [9.17, 15) is 14.4 Å². The second kappa shape index (κ2) is 6.95. The molecule has 0 atom stereocenters. The van der Waals surface area contributed by atoms with Crippen molar-refractivity contribution in [1.29, 1.82) is 0 Å². The highest BCUT2D eigenvalue weighted by molar-refractivity contribution is 6.48. The van der Waals surface area contributed by atoms with Gasteiger partial charge in [-0.05, 0) is 55.3 Å². The second-order valence-electron chi connectivity index (χ2n) is 5.45. The van der Waals surface area contributed by atoms with Crippen LogP contribution in [0.1, 0.15) is 18.1 Å². The average molecular weight is 325 g/mol. The molecule has 24 heavy (non-hydrogen) atoms. The van der Waals surface area contributed by atoms with Crippen LogP contribution in [0.3, 0.4) is 0 Å². The predicted octanol–water partition coefficient (Wildman–Crippen LogP) is 2.40. The van der Waals surface area contributed by atoms with Crippen molar-refractivity contribution in [1.82, 2.24) is 0 Å². The number of aryl methyl sites for hydroxylation is 1. The number of benzene rings is 2. The molecule has 0 heterocycles. The summed E-state index contributed by atoms with van der Waals surface area (Å²) in [7, 11) is 0. The summed E-state index contributed by atoms with van der Waals surface area (Å²) in [5, 5.41) is 2.56. The highest BCUT2D eigenvalue weighted by Crippen LogP contribution is 2.20. The molecule has 3 N–H and O–H groups in total. The molecule has 0 aliphatic heterocycles. The Balaban J connectivity index is 2.26. The van der Waals surface area contributed by atoms with E-state index in [1.807, 2.05) is 19.9 Å². The first-order valence-electron chi connectivity index (χ1n) is 7.39. The van der Waals surface area contributed by atoms with Gasteiger partial charge in [0.15, 0.2) is 0 Å². The van der Waals surface area contributed by atoms with Crippen LogP contribution >= 0.6 is 0 Å². The van der Waals surface area contributed by atoms with E-state index in [0.717, 1.165) is 16.0 Å². The van der Waals surface area contributed by atoms with E-state index in [1.54, 1.807) is 24.3 Å².